The number of amides is 1. The Balaban J connectivity index is 1.77. The zero-order valence-corrected chi connectivity index (χ0v) is 19.1. The van der Waals surface area contributed by atoms with Crippen LogP contribution in [-0.2, 0) is 28.8 Å². The zero-order valence-electron chi connectivity index (χ0n) is 17.5. The van der Waals surface area contributed by atoms with Crippen molar-refractivity contribution in [1.82, 2.24) is 4.98 Å². The Morgan fingerprint density at radius 1 is 1.33 bits per heavy atom. The molecule has 6 nitrogen and oxygen atoms in total. The second-order valence-corrected chi connectivity index (χ2v) is 9.11. The summed E-state index contributed by atoms with van der Waals surface area (Å²) in [5, 5.41) is 13.4. The lowest BCUT2D eigenvalue weighted by Crippen LogP contribution is -2.17. The van der Waals surface area contributed by atoms with Crippen LogP contribution in [0.2, 0.25) is 0 Å². The molecule has 2 heterocycles. The molecule has 1 amide bonds. The quantitative estimate of drug-likeness (QED) is 0.494. The van der Waals surface area contributed by atoms with E-state index in [9.17, 15) is 14.9 Å². The average Bonchev–Trinajstić information content (AvgIpc) is 3.10. The number of hydrogen-bond donors (Lipinski definition) is 1. The van der Waals surface area contributed by atoms with Gasteiger partial charge < -0.3 is 10.1 Å². The molecule has 0 aromatic carbocycles. The van der Waals surface area contributed by atoms with Crippen LogP contribution in [0.4, 0.5) is 5.00 Å². The maximum absolute atomic E-state index is 12.7. The van der Waals surface area contributed by atoms with Crippen LogP contribution in [0.15, 0.2) is 11.1 Å². The number of carbonyl (C=O) groups excluding carboxylic acids is 2. The first-order chi connectivity index (χ1) is 14.5. The second kappa shape index (κ2) is 10.1. The van der Waals surface area contributed by atoms with Gasteiger partial charge in [-0.15, -0.1) is 11.3 Å². The minimum absolute atomic E-state index is 0.110. The van der Waals surface area contributed by atoms with E-state index in [-0.39, 0.29) is 17.6 Å². The topological polar surface area (TPSA) is 92.1 Å². The molecule has 158 valence electrons. The Hall–Kier alpha value is -2.37. The number of anilines is 1. The molecule has 0 unspecified atom stereocenters. The van der Waals surface area contributed by atoms with E-state index in [4.69, 9.17) is 4.74 Å². The number of rotatable bonds is 7. The number of esters is 1. The molecular weight excluding hydrogens is 418 g/mol. The summed E-state index contributed by atoms with van der Waals surface area (Å²) in [6, 6.07) is 3.98. The van der Waals surface area contributed by atoms with Crippen molar-refractivity contribution in [2.45, 2.75) is 57.9 Å². The molecule has 0 bridgehead atoms. The normalized spacial score (nSPS) is 12.7. The van der Waals surface area contributed by atoms with Gasteiger partial charge in [-0.25, -0.2) is 9.78 Å². The molecule has 3 rings (SSSR count). The van der Waals surface area contributed by atoms with Crippen LogP contribution < -0.4 is 5.32 Å². The SMILES string of the molecule is CCOC(=O)c1c(NC(=O)CSc2nc(CC)c(C)cc2C#N)sc2c1CCCC2. The Labute approximate surface area is 185 Å². The lowest BCUT2D eigenvalue weighted by molar-refractivity contribution is -0.113. The number of ether oxygens (including phenoxy) is 1. The molecule has 1 N–H and O–H groups in total. The number of thioether (sulfide) groups is 1. The smallest absolute Gasteiger partial charge is 0.341 e. The largest absolute Gasteiger partial charge is 0.462 e. The number of nitriles is 1. The lowest BCUT2D eigenvalue weighted by atomic mass is 9.95. The molecule has 0 saturated heterocycles. The fourth-order valence-electron chi connectivity index (χ4n) is 3.55. The fourth-order valence-corrected chi connectivity index (χ4v) is 5.62. The number of nitrogens with one attached hydrogen (secondary N) is 1. The molecule has 0 fully saturated rings. The van der Waals surface area contributed by atoms with Crippen molar-refractivity contribution in [1.29, 1.82) is 5.26 Å². The Bertz CT molecular complexity index is 1010. The molecule has 0 atom stereocenters. The fraction of sp³-hybridized carbons (Fsp3) is 0.455. The van der Waals surface area contributed by atoms with E-state index in [1.165, 1.54) is 23.1 Å². The van der Waals surface area contributed by atoms with Crippen LogP contribution in [0.25, 0.3) is 0 Å². The van der Waals surface area contributed by atoms with Crippen molar-refractivity contribution in [2.24, 2.45) is 0 Å². The molecule has 2 aromatic heterocycles. The Morgan fingerprint density at radius 2 is 2.10 bits per heavy atom. The van der Waals surface area contributed by atoms with Crippen LogP contribution in [0.5, 0.6) is 0 Å². The number of hydrogen-bond acceptors (Lipinski definition) is 7. The van der Waals surface area contributed by atoms with Gasteiger partial charge in [0.1, 0.15) is 16.1 Å². The first kappa shape index (κ1) is 22.3. The van der Waals surface area contributed by atoms with Crippen molar-refractivity contribution in [3.05, 3.63) is 38.9 Å². The highest BCUT2D eigenvalue weighted by Gasteiger charge is 2.27. The number of pyridine rings is 1. The third kappa shape index (κ3) is 4.85. The summed E-state index contributed by atoms with van der Waals surface area (Å²) in [6.45, 7) is 6.02. The van der Waals surface area contributed by atoms with Crippen LogP contribution in [0, 0.1) is 18.3 Å². The summed E-state index contributed by atoms with van der Waals surface area (Å²) >= 11 is 2.71. The number of fused-ring (bicyclic) bond motifs is 1. The van der Waals surface area contributed by atoms with Gasteiger partial charge in [-0.05, 0) is 63.1 Å². The van der Waals surface area contributed by atoms with Gasteiger partial charge in [-0.3, -0.25) is 4.79 Å². The van der Waals surface area contributed by atoms with E-state index in [0.717, 1.165) is 53.8 Å². The molecule has 8 heteroatoms. The molecule has 0 radical (unpaired) electrons. The predicted octanol–water partition coefficient (Wildman–Crippen LogP) is 4.67. The number of aryl methyl sites for hydroxylation is 3. The minimum Gasteiger partial charge on any atom is -0.462 e. The molecule has 0 spiro atoms. The molecule has 0 aliphatic heterocycles. The Morgan fingerprint density at radius 3 is 2.80 bits per heavy atom. The third-order valence-corrected chi connectivity index (χ3v) is 7.18. The van der Waals surface area contributed by atoms with Gasteiger partial charge in [0.25, 0.3) is 0 Å². The monoisotopic (exact) mass is 443 g/mol. The first-order valence-electron chi connectivity index (χ1n) is 10.1. The van der Waals surface area contributed by atoms with Crippen LogP contribution >= 0.6 is 23.1 Å². The standard InChI is InChI=1S/C22H25N3O3S2/c1-4-16-13(3)10-14(11-23)20(24-16)29-12-18(26)25-21-19(22(27)28-5-2)15-8-6-7-9-17(15)30-21/h10H,4-9,12H2,1-3H3,(H,25,26). The zero-order chi connectivity index (χ0) is 21.7. The average molecular weight is 444 g/mol. The van der Waals surface area contributed by atoms with Crippen molar-refractivity contribution in [3.8, 4) is 6.07 Å². The van der Waals surface area contributed by atoms with Gasteiger partial charge >= 0.3 is 5.97 Å². The van der Waals surface area contributed by atoms with E-state index < -0.39 is 0 Å². The predicted molar refractivity (Wildman–Crippen MR) is 119 cm³/mol. The van der Waals surface area contributed by atoms with Gasteiger partial charge in [0.2, 0.25) is 5.91 Å². The highest BCUT2D eigenvalue weighted by Crippen LogP contribution is 2.38. The summed E-state index contributed by atoms with van der Waals surface area (Å²) in [4.78, 5) is 30.9. The number of nitrogens with zero attached hydrogens (tertiary/aromatic N) is 2. The summed E-state index contributed by atoms with van der Waals surface area (Å²) in [7, 11) is 0. The summed E-state index contributed by atoms with van der Waals surface area (Å²) in [5.41, 5.74) is 3.90. The highest BCUT2D eigenvalue weighted by molar-refractivity contribution is 8.00. The van der Waals surface area contributed by atoms with Gasteiger partial charge in [-0.1, -0.05) is 18.7 Å². The van der Waals surface area contributed by atoms with Crippen molar-refractivity contribution in [3.63, 3.8) is 0 Å². The molecule has 30 heavy (non-hydrogen) atoms. The number of aromatic nitrogens is 1. The second-order valence-electron chi connectivity index (χ2n) is 7.04. The molecule has 1 aliphatic rings. The number of carbonyl (C=O) groups is 2. The van der Waals surface area contributed by atoms with E-state index >= 15 is 0 Å². The van der Waals surface area contributed by atoms with E-state index in [2.05, 4.69) is 16.4 Å². The highest BCUT2D eigenvalue weighted by atomic mass is 32.2. The van der Waals surface area contributed by atoms with Gasteiger partial charge in [0, 0.05) is 10.6 Å². The molecule has 2 aromatic rings. The molecular formula is C22H25N3O3S2. The first-order valence-corrected chi connectivity index (χ1v) is 11.9. The van der Waals surface area contributed by atoms with Crippen molar-refractivity contribution < 1.29 is 14.3 Å². The minimum atomic E-state index is -0.376. The number of thiophene rings is 1. The molecule has 0 saturated carbocycles. The third-order valence-electron chi connectivity index (χ3n) is 4.98. The van der Waals surface area contributed by atoms with E-state index in [1.807, 2.05) is 19.9 Å². The van der Waals surface area contributed by atoms with Gasteiger partial charge in [0.05, 0.1) is 23.5 Å². The van der Waals surface area contributed by atoms with Gasteiger partial charge in [-0.2, -0.15) is 5.26 Å². The van der Waals surface area contributed by atoms with Crippen LogP contribution in [-0.4, -0.2) is 29.2 Å². The van der Waals surface area contributed by atoms with Crippen LogP contribution in [0.1, 0.15) is 64.3 Å². The van der Waals surface area contributed by atoms with Crippen LogP contribution in [0.3, 0.4) is 0 Å². The maximum Gasteiger partial charge on any atom is 0.341 e. The van der Waals surface area contributed by atoms with E-state index in [1.54, 1.807) is 6.92 Å². The van der Waals surface area contributed by atoms with Crippen molar-refractivity contribution in [2.75, 3.05) is 17.7 Å². The summed E-state index contributed by atoms with van der Waals surface area (Å²) < 4.78 is 5.24. The van der Waals surface area contributed by atoms with Crippen molar-refractivity contribution >= 4 is 40.0 Å². The summed E-state index contributed by atoms with van der Waals surface area (Å²) in [5.74, 6) is -0.494. The van der Waals surface area contributed by atoms with E-state index in [0.29, 0.717) is 27.8 Å². The Kier molecular flexibility index (Phi) is 7.51. The maximum atomic E-state index is 12.7. The molecule has 1 aliphatic carbocycles. The van der Waals surface area contributed by atoms with Gasteiger partial charge in [0.15, 0.2) is 0 Å². The lowest BCUT2D eigenvalue weighted by Gasteiger charge is -2.12. The summed E-state index contributed by atoms with van der Waals surface area (Å²) in [6.07, 6.45) is 4.66.